The van der Waals surface area contributed by atoms with Gasteiger partial charge in [-0.25, -0.2) is 9.07 Å². The molecule has 0 bridgehead atoms. The quantitative estimate of drug-likeness (QED) is 0.708. The molecule has 0 fully saturated rings. The Labute approximate surface area is 156 Å². The first kappa shape index (κ1) is 18.1. The molecule has 6 heteroatoms. The molecule has 1 aromatic heterocycles. The maximum atomic E-state index is 13.0. The monoisotopic (exact) mass is 371 g/mol. The minimum atomic E-state index is -0.301. The fourth-order valence-corrected chi connectivity index (χ4v) is 3.07. The predicted octanol–water partition coefficient (Wildman–Crippen LogP) is 4.90. The second kappa shape index (κ2) is 7.30. The van der Waals surface area contributed by atoms with Crippen LogP contribution in [0.2, 0.25) is 5.15 Å². The minimum Gasteiger partial charge on any atom is -0.322 e. The zero-order valence-electron chi connectivity index (χ0n) is 14.8. The van der Waals surface area contributed by atoms with Gasteiger partial charge in [-0.2, -0.15) is 5.10 Å². The molecule has 3 rings (SSSR count). The van der Waals surface area contributed by atoms with Crippen LogP contribution >= 0.6 is 11.6 Å². The second-order valence-corrected chi connectivity index (χ2v) is 6.59. The normalized spacial score (nSPS) is 10.8. The lowest BCUT2D eigenvalue weighted by Gasteiger charge is -2.10. The minimum absolute atomic E-state index is 0.259. The highest BCUT2D eigenvalue weighted by Crippen LogP contribution is 2.24. The summed E-state index contributed by atoms with van der Waals surface area (Å²) in [5.41, 5.74) is 4.58. The van der Waals surface area contributed by atoms with Crippen molar-refractivity contribution in [1.29, 1.82) is 0 Å². The van der Waals surface area contributed by atoms with Gasteiger partial charge >= 0.3 is 0 Å². The molecule has 134 valence electrons. The summed E-state index contributed by atoms with van der Waals surface area (Å²) in [6.45, 7) is 6.04. The number of halogens is 2. The van der Waals surface area contributed by atoms with Crippen molar-refractivity contribution in [3.63, 3.8) is 0 Å². The number of aryl methyl sites for hydroxylation is 2. The average Bonchev–Trinajstić information content (AvgIpc) is 2.87. The first-order valence-corrected chi connectivity index (χ1v) is 8.59. The van der Waals surface area contributed by atoms with Gasteiger partial charge in [0.15, 0.2) is 0 Å². The Morgan fingerprint density at radius 1 is 1.15 bits per heavy atom. The molecule has 0 atom stereocenters. The number of rotatable bonds is 4. The van der Waals surface area contributed by atoms with Gasteiger partial charge in [-0.1, -0.05) is 35.9 Å². The third-order valence-corrected chi connectivity index (χ3v) is 4.78. The number of nitrogens with zero attached hydrogens (tertiary/aromatic N) is 2. The fourth-order valence-electron chi connectivity index (χ4n) is 2.75. The van der Waals surface area contributed by atoms with Gasteiger partial charge in [-0.15, -0.1) is 0 Å². The summed E-state index contributed by atoms with van der Waals surface area (Å²) in [7, 11) is 0. The third-order valence-electron chi connectivity index (χ3n) is 4.39. The van der Waals surface area contributed by atoms with E-state index in [0.717, 1.165) is 22.4 Å². The number of amides is 1. The summed E-state index contributed by atoms with van der Waals surface area (Å²) < 4.78 is 14.6. The molecule has 0 aliphatic heterocycles. The van der Waals surface area contributed by atoms with Crippen LogP contribution in [-0.4, -0.2) is 15.7 Å². The zero-order chi connectivity index (χ0) is 18.8. The van der Waals surface area contributed by atoms with E-state index in [1.807, 2.05) is 32.0 Å². The van der Waals surface area contributed by atoms with E-state index in [4.69, 9.17) is 11.6 Å². The number of nitrogens with one attached hydrogen (secondary N) is 1. The number of carbonyl (C=O) groups is 1. The van der Waals surface area contributed by atoms with Gasteiger partial charge in [0.05, 0.1) is 17.8 Å². The van der Waals surface area contributed by atoms with Crippen molar-refractivity contribution in [1.82, 2.24) is 9.78 Å². The molecule has 0 spiro atoms. The standard InChI is InChI=1S/C20H19ClFN3O/c1-12-5-4-6-17(13(12)2)23-20(26)18-14(3)24-25(19(18)21)11-15-7-9-16(22)10-8-15/h4-10H,11H2,1-3H3,(H,23,26). The Morgan fingerprint density at radius 2 is 1.85 bits per heavy atom. The predicted molar refractivity (Wildman–Crippen MR) is 101 cm³/mol. The highest BCUT2D eigenvalue weighted by atomic mass is 35.5. The van der Waals surface area contributed by atoms with Crippen molar-refractivity contribution in [2.75, 3.05) is 5.32 Å². The van der Waals surface area contributed by atoms with Crippen LogP contribution < -0.4 is 5.32 Å². The maximum absolute atomic E-state index is 13.0. The van der Waals surface area contributed by atoms with Gasteiger partial charge < -0.3 is 5.32 Å². The molecule has 0 aliphatic rings. The van der Waals surface area contributed by atoms with Gasteiger partial charge in [0.25, 0.3) is 5.91 Å². The smallest absolute Gasteiger partial charge is 0.260 e. The van der Waals surface area contributed by atoms with Gasteiger partial charge in [-0.3, -0.25) is 4.79 Å². The Bertz CT molecular complexity index is 964. The number of aromatic nitrogens is 2. The summed E-state index contributed by atoms with van der Waals surface area (Å²) in [5.74, 6) is -0.600. The highest BCUT2D eigenvalue weighted by molar-refractivity contribution is 6.33. The van der Waals surface area contributed by atoms with E-state index >= 15 is 0 Å². The summed E-state index contributed by atoms with van der Waals surface area (Å²) in [6.07, 6.45) is 0. The summed E-state index contributed by atoms with van der Waals surface area (Å²) >= 11 is 6.41. The van der Waals surface area contributed by atoms with Crippen molar-refractivity contribution in [3.8, 4) is 0 Å². The molecular formula is C20H19ClFN3O. The molecule has 26 heavy (non-hydrogen) atoms. The van der Waals surface area contributed by atoms with Crippen LogP contribution in [0.25, 0.3) is 0 Å². The van der Waals surface area contributed by atoms with E-state index in [2.05, 4.69) is 10.4 Å². The van der Waals surface area contributed by atoms with Crippen LogP contribution in [0.15, 0.2) is 42.5 Å². The topological polar surface area (TPSA) is 46.9 Å². The van der Waals surface area contributed by atoms with E-state index in [1.54, 1.807) is 23.7 Å². The van der Waals surface area contributed by atoms with Crippen molar-refractivity contribution in [3.05, 3.63) is 81.4 Å². The molecule has 2 aromatic carbocycles. The molecule has 1 amide bonds. The molecule has 0 radical (unpaired) electrons. The molecule has 0 aliphatic carbocycles. The van der Waals surface area contributed by atoms with Crippen molar-refractivity contribution < 1.29 is 9.18 Å². The van der Waals surface area contributed by atoms with Crippen LogP contribution in [0.1, 0.15) is 32.7 Å². The number of benzene rings is 2. The first-order valence-electron chi connectivity index (χ1n) is 8.21. The Balaban J connectivity index is 1.86. The molecule has 1 N–H and O–H groups in total. The van der Waals surface area contributed by atoms with Crippen LogP contribution in [0, 0.1) is 26.6 Å². The molecule has 0 saturated carbocycles. The van der Waals surface area contributed by atoms with Crippen LogP contribution in [0.4, 0.5) is 10.1 Å². The van der Waals surface area contributed by atoms with Gasteiger partial charge in [0, 0.05) is 5.69 Å². The fraction of sp³-hybridized carbons (Fsp3) is 0.200. The van der Waals surface area contributed by atoms with Gasteiger partial charge in [0.2, 0.25) is 0 Å². The molecular weight excluding hydrogens is 353 g/mol. The van der Waals surface area contributed by atoms with Crippen molar-refractivity contribution in [2.45, 2.75) is 27.3 Å². The first-order chi connectivity index (χ1) is 12.4. The van der Waals surface area contributed by atoms with Crippen molar-refractivity contribution in [2.24, 2.45) is 0 Å². The van der Waals surface area contributed by atoms with Crippen LogP contribution in [0.5, 0.6) is 0 Å². The number of hydrogen-bond acceptors (Lipinski definition) is 2. The highest BCUT2D eigenvalue weighted by Gasteiger charge is 2.21. The van der Waals surface area contributed by atoms with Crippen LogP contribution in [-0.2, 0) is 6.54 Å². The number of anilines is 1. The second-order valence-electron chi connectivity index (χ2n) is 6.24. The van der Waals surface area contributed by atoms with Crippen molar-refractivity contribution >= 4 is 23.2 Å². The lowest BCUT2D eigenvalue weighted by atomic mass is 10.1. The van der Waals surface area contributed by atoms with Crippen LogP contribution in [0.3, 0.4) is 0 Å². The largest absolute Gasteiger partial charge is 0.322 e. The van der Waals surface area contributed by atoms with Gasteiger partial charge in [0.1, 0.15) is 11.0 Å². The van der Waals surface area contributed by atoms with E-state index in [0.29, 0.717) is 17.8 Å². The number of hydrogen-bond donors (Lipinski definition) is 1. The van der Waals surface area contributed by atoms with E-state index < -0.39 is 0 Å². The average molecular weight is 372 g/mol. The Kier molecular flexibility index (Phi) is 5.09. The maximum Gasteiger partial charge on any atom is 0.260 e. The lowest BCUT2D eigenvalue weighted by molar-refractivity contribution is 0.102. The zero-order valence-corrected chi connectivity index (χ0v) is 15.6. The molecule has 1 heterocycles. The SMILES string of the molecule is Cc1cccc(NC(=O)c2c(C)nn(Cc3ccc(F)cc3)c2Cl)c1C. The number of carbonyl (C=O) groups excluding carboxylic acids is 1. The molecule has 3 aromatic rings. The third kappa shape index (κ3) is 3.63. The van der Waals surface area contributed by atoms with E-state index in [9.17, 15) is 9.18 Å². The lowest BCUT2D eigenvalue weighted by Crippen LogP contribution is -2.14. The van der Waals surface area contributed by atoms with Gasteiger partial charge in [-0.05, 0) is 55.7 Å². The van der Waals surface area contributed by atoms with E-state index in [1.165, 1.54) is 12.1 Å². The molecule has 0 saturated heterocycles. The Hall–Kier alpha value is -2.66. The Morgan fingerprint density at radius 3 is 2.54 bits per heavy atom. The molecule has 4 nitrogen and oxygen atoms in total. The molecule has 0 unspecified atom stereocenters. The van der Waals surface area contributed by atoms with E-state index in [-0.39, 0.29) is 16.9 Å². The summed E-state index contributed by atoms with van der Waals surface area (Å²) in [6, 6.07) is 11.8. The summed E-state index contributed by atoms with van der Waals surface area (Å²) in [4.78, 5) is 12.7. The summed E-state index contributed by atoms with van der Waals surface area (Å²) in [5, 5.41) is 7.53.